The number of rotatable bonds is 9. The molecule has 1 unspecified atom stereocenters. The molecule has 1 aliphatic rings. The van der Waals surface area contributed by atoms with Crippen molar-refractivity contribution in [3.63, 3.8) is 0 Å². The summed E-state index contributed by atoms with van der Waals surface area (Å²) in [5.74, 6) is 1.39. The van der Waals surface area contributed by atoms with Gasteiger partial charge in [-0.15, -0.1) is 0 Å². The predicted octanol–water partition coefficient (Wildman–Crippen LogP) is 3.04. The number of carbonyl (C=O) groups excluding carboxylic acids is 1. The van der Waals surface area contributed by atoms with Gasteiger partial charge in [0.05, 0.1) is 12.3 Å². The molecule has 1 saturated heterocycles. The van der Waals surface area contributed by atoms with Crippen LogP contribution < -0.4 is 5.32 Å². The Labute approximate surface area is 158 Å². The van der Waals surface area contributed by atoms with Crippen LogP contribution in [0.25, 0.3) is 0 Å². The average Bonchev–Trinajstić information content (AvgIpc) is 3.13. The number of nitrogens with one attached hydrogen (secondary N) is 1. The number of amides is 2. The second-order valence-corrected chi connectivity index (χ2v) is 7.96. The lowest BCUT2D eigenvalue weighted by Gasteiger charge is -2.34. The van der Waals surface area contributed by atoms with Crippen molar-refractivity contribution in [3.8, 4) is 0 Å². The van der Waals surface area contributed by atoms with Gasteiger partial charge in [-0.2, -0.15) is 0 Å². The number of piperidine rings is 1. The number of nitrogens with zero attached hydrogens (tertiary/aromatic N) is 3. The van der Waals surface area contributed by atoms with Crippen LogP contribution in [0.4, 0.5) is 4.79 Å². The van der Waals surface area contributed by atoms with E-state index < -0.39 is 0 Å². The Kier molecular flexibility index (Phi) is 8.45. The minimum Gasteiger partial charge on any atom is -0.468 e. The van der Waals surface area contributed by atoms with E-state index in [1.54, 1.807) is 6.26 Å². The fraction of sp³-hybridized carbons (Fsp3) is 0.750. The minimum atomic E-state index is 0.0223. The van der Waals surface area contributed by atoms with E-state index in [-0.39, 0.29) is 12.1 Å². The zero-order valence-electron chi connectivity index (χ0n) is 16.9. The maximum atomic E-state index is 12.8. The van der Waals surface area contributed by atoms with Gasteiger partial charge in [-0.1, -0.05) is 20.3 Å². The molecule has 1 atom stereocenters. The van der Waals surface area contributed by atoms with Gasteiger partial charge in [0, 0.05) is 26.2 Å². The molecular formula is C20H36N4O2. The van der Waals surface area contributed by atoms with Crippen LogP contribution in [0.1, 0.15) is 44.9 Å². The molecule has 6 nitrogen and oxygen atoms in total. The van der Waals surface area contributed by atoms with E-state index in [1.807, 2.05) is 31.1 Å². The molecule has 1 aromatic rings. The molecular weight excluding hydrogens is 328 g/mol. The van der Waals surface area contributed by atoms with Crippen molar-refractivity contribution >= 4 is 6.03 Å². The second kappa shape index (κ2) is 10.6. The number of hydrogen-bond donors (Lipinski definition) is 1. The van der Waals surface area contributed by atoms with Gasteiger partial charge in [0.1, 0.15) is 5.76 Å². The molecule has 2 rings (SSSR count). The highest BCUT2D eigenvalue weighted by atomic mass is 16.3. The molecule has 0 aliphatic carbocycles. The van der Waals surface area contributed by atoms with Gasteiger partial charge in [-0.25, -0.2) is 4.79 Å². The van der Waals surface area contributed by atoms with Gasteiger partial charge >= 0.3 is 6.03 Å². The highest BCUT2D eigenvalue weighted by molar-refractivity contribution is 5.74. The van der Waals surface area contributed by atoms with E-state index in [9.17, 15) is 4.79 Å². The van der Waals surface area contributed by atoms with Crippen LogP contribution in [0.15, 0.2) is 22.8 Å². The summed E-state index contributed by atoms with van der Waals surface area (Å²) in [5, 5.41) is 3.16. The maximum Gasteiger partial charge on any atom is 0.317 e. The number of hydrogen-bond acceptors (Lipinski definition) is 4. The normalized spacial score (nSPS) is 16.8. The third-order valence-corrected chi connectivity index (χ3v) is 4.84. The molecule has 26 heavy (non-hydrogen) atoms. The number of carbonyl (C=O) groups is 1. The molecule has 6 heteroatoms. The Hall–Kier alpha value is -1.53. The molecule has 1 fully saturated rings. The first-order valence-corrected chi connectivity index (χ1v) is 9.92. The van der Waals surface area contributed by atoms with Crippen molar-refractivity contribution in [3.05, 3.63) is 24.2 Å². The Morgan fingerprint density at radius 2 is 1.96 bits per heavy atom. The van der Waals surface area contributed by atoms with Crippen molar-refractivity contribution in [2.24, 2.45) is 5.92 Å². The molecule has 148 valence electrons. The van der Waals surface area contributed by atoms with E-state index >= 15 is 0 Å². The van der Waals surface area contributed by atoms with Crippen LogP contribution in [0.5, 0.6) is 0 Å². The fourth-order valence-electron chi connectivity index (χ4n) is 3.45. The third-order valence-electron chi connectivity index (χ3n) is 4.84. The standard InChI is InChI=1S/C20H36N4O2/c1-17(2)16-24(13-12-22(3)4)20(25)21-15-18(19-9-8-14-26-19)23-10-6-5-7-11-23/h8-9,14,17-18H,5-7,10-13,15-16H2,1-4H3,(H,21,25). The van der Waals surface area contributed by atoms with Gasteiger partial charge in [0.15, 0.2) is 0 Å². The lowest BCUT2D eigenvalue weighted by atomic mass is 10.1. The van der Waals surface area contributed by atoms with E-state index in [4.69, 9.17) is 4.42 Å². The van der Waals surface area contributed by atoms with Crippen LogP contribution in [0, 0.1) is 5.92 Å². The van der Waals surface area contributed by atoms with Crippen LogP contribution in [0.2, 0.25) is 0 Å². The molecule has 0 radical (unpaired) electrons. The largest absolute Gasteiger partial charge is 0.468 e. The smallest absolute Gasteiger partial charge is 0.317 e. The molecule has 0 aromatic carbocycles. The summed E-state index contributed by atoms with van der Waals surface area (Å²) in [7, 11) is 4.07. The zero-order valence-corrected chi connectivity index (χ0v) is 16.9. The first-order chi connectivity index (χ1) is 12.5. The Balaban J connectivity index is 1.97. The molecule has 1 N–H and O–H groups in total. The van der Waals surface area contributed by atoms with Crippen molar-refractivity contribution in [1.82, 2.24) is 20.0 Å². The summed E-state index contributed by atoms with van der Waals surface area (Å²) in [4.78, 5) is 19.3. The Morgan fingerprint density at radius 1 is 1.23 bits per heavy atom. The molecule has 2 heterocycles. The van der Waals surface area contributed by atoms with Crippen molar-refractivity contribution in [2.45, 2.75) is 39.2 Å². The fourth-order valence-corrected chi connectivity index (χ4v) is 3.45. The minimum absolute atomic E-state index is 0.0223. The highest BCUT2D eigenvalue weighted by Gasteiger charge is 2.26. The maximum absolute atomic E-state index is 12.8. The van der Waals surface area contributed by atoms with Gasteiger partial charge in [0.25, 0.3) is 0 Å². The van der Waals surface area contributed by atoms with Gasteiger partial charge in [-0.05, 0) is 58.1 Å². The number of likely N-dealkylation sites (N-methyl/N-ethyl adjacent to an activating group) is 1. The first-order valence-electron chi connectivity index (χ1n) is 9.92. The van der Waals surface area contributed by atoms with Crippen LogP contribution in [-0.4, -0.2) is 74.1 Å². The van der Waals surface area contributed by atoms with E-state index in [1.165, 1.54) is 19.3 Å². The van der Waals surface area contributed by atoms with Crippen LogP contribution >= 0.6 is 0 Å². The molecule has 0 spiro atoms. The molecule has 0 bridgehead atoms. The van der Waals surface area contributed by atoms with Crippen molar-refractivity contribution in [1.29, 1.82) is 0 Å². The molecule has 1 aliphatic heterocycles. The topological polar surface area (TPSA) is 52.0 Å². The quantitative estimate of drug-likeness (QED) is 0.732. The van der Waals surface area contributed by atoms with Crippen molar-refractivity contribution < 1.29 is 9.21 Å². The zero-order chi connectivity index (χ0) is 18.9. The van der Waals surface area contributed by atoms with Gasteiger partial charge in [0.2, 0.25) is 0 Å². The van der Waals surface area contributed by atoms with Crippen LogP contribution in [0.3, 0.4) is 0 Å². The second-order valence-electron chi connectivity index (χ2n) is 7.96. The Morgan fingerprint density at radius 3 is 2.54 bits per heavy atom. The summed E-state index contributed by atoms with van der Waals surface area (Å²) in [6.07, 6.45) is 5.44. The van der Waals surface area contributed by atoms with Gasteiger partial charge in [-0.3, -0.25) is 4.90 Å². The predicted molar refractivity (Wildman–Crippen MR) is 105 cm³/mol. The average molecular weight is 365 g/mol. The third kappa shape index (κ3) is 6.65. The first kappa shape index (κ1) is 20.8. The van der Waals surface area contributed by atoms with E-state index in [0.29, 0.717) is 12.5 Å². The molecule has 0 saturated carbocycles. The number of urea groups is 1. The summed E-state index contributed by atoms with van der Waals surface area (Å²) in [6.45, 7) is 9.40. The lowest BCUT2D eigenvalue weighted by Crippen LogP contribution is -2.47. The molecule has 2 amide bonds. The lowest BCUT2D eigenvalue weighted by molar-refractivity contribution is 0.138. The Bertz CT molecular complexity index is 510. The van der Waals surface area contributed by atoms with Crippen LogP contribution in [-0.2, 0) is 0 Å². The summed E-state index contributed by atoms with van der Waals surface area (Å²) in [5.41, 5.74) is 0. The highest BCUT2D eigenvalue weighted by Crippen LogP contribution is 2.24. The van der Waals surface area contributed by atoms with E-state index in [2.05, 4.69) is 29.0 Å². The SMILES string of the molecule is CC(C)CN(CCN(C)C)C(=O)NCC(c1ccco1)N1CCCCC1. The van der Waals surface area contributed by atoms with Gasteiger partial charge < -0.3 is 19.5 Å². The summed E-state index contributed by atoms with van der Waals surface area (Å²) >= 11 is 0. The number of likely N-dealkylation sites (tertiary alicyclic amines) is 1. The van der Waals surface area contributed by atoms with Crippen molar-refractivity contribution in [2.75, 3.05) is 53.4 Å². The molecule has 1 aromatic heterocycles. The summed E-state index contributed by atoms with van der Waals surface area (Å²) in [6, 6.07) is 4.08. The summed E-state index contributed by atoms with van der Waals surface area (Å²) < 4.78 is 5.67. The van der Waals surface area contributed by atoms with E-state index in [0.717, 1.165) is 38.5 Å². The monoisotopic (exact) mass is 364 g/mol. The number of furan rings is 1.